The predicted molar refractivity (Wildman–Crippen MR) is 94.9 cm³/mol. The minimum Gasteiger partial charge on any atom is -0.444 e. The fourth-order valence-electron chi connectivity index (χ4n) is 1.76. The number of nitro groups is 1. The van der Waals surface area contributed by atoms with Crippen molar-refractivity contribution in [2.24, 2.45) is 0 Å². The molecule has 0 spiro atoms. The molecule has 0 unspecified atom stereocenters. The van der Waals surface area contributed by atoms with Crippen LogP contribution in [0.25, 0.3) is 0 Å². The van der Waals surface area contributed by atoms with Crippen LogP contribution in [-0.2, 0) is 9.53 Å². The summed E-state index contributed by atoms with van der Waals surface area (Å²) in [4.78, 5) is 34.3. The number of nitro benzene ring substituents is 1. The molecule has 0 bridgehead atoms. The van der Waals surface area contributed by atoms with E-state index in [1.807, 2.05) is 6.26 Å². The Morgan fingerprint density at radius 1 is 1.28 bits per heavy atom. The van der Waals surface area contributed by atoms with Crippen LogP contribution in [0.1, 0.15) is 27.2 Å². The molecule has 0 aromatic heterocycles. The second kappa shape index (κ2) is 9.26. The van der Waals surface area contributed by atoms with Crippen molar-refractivity contribution in [1.82, 2.24) is 5.32 Å². The first-order valence-corrected chi connectivity index (χ1v) is 8.96. The summed E-state index contributed by atoms with van der Waals surface area (Å²) in [6.45, 7) is 5.16. The van der Waals surface area contributed by atoms with Gasteiger partial charge in [-0.25, -0.2) is 9.59 Å². The minimum atomic E-state index is -0.877. The van der Waals surface area contributed by atoms with Gasteiger partial charge in [0.15, 0.2) is 0 Å². The van der Waals surface area contributed by atoms with Gasteiger partial charge in [0.05, 0.1) is 4.92 Å². The van der Waals surface area contributed by atoms with Crippen molar-refractivity contribution in [3.63, 3.8) is 0 Å². The molecule has 0 aliphatic heterocycles. The lowest BCUT2D eigenvalue weighted by molar-refractivity contribution is -0.384. The van der Waals surface area contributed by atoms with Gasteiger partial charge < -0.3 is 14.8 Å². The van der Waals surface area contributed by atoms with Crippen molar-refractivity contribution >= 4 is 29.5 Å². The smallest absolute Gasteiger partial charge is 0.408 e. The lowest BCUT2D eigenvalue weighted by Gasteiger charge is -2.22. The van der Waals surface area contributed by atoms with E-state index >= 15 is 0 Å². The van der Waals surface area contributed by atoms with E-state index in [2.05, 4.69) is 5.32 Å². The molecule has 0 fully saturated rings. The van der Waals surface area contributed by atoms with Gasteiger partial charge >= 0.3 is 12.1 Å². The van der Waals surface area contributed by atoms with Gasteiger partial charge in [-0.3, -0.25) is 10.1 Å². The summed E-state index contributed by atoms with van der Waals surface area (Å²) >= 11 is 1.52. The Kier molecular flexibility index (Phi) is 7.69. The van der Waals surface area contributed by atoms with Gasteiger partial charge in [0, 0.05) is 12.1 Å². The molecule has 0 radical (unpaired) electrons. The number of amides is 1. The highest BCUT2D eigenvalue weighted by atomic mass is 32.2. The Morgan fingerprint density at radius 3 is 2.36 bits per heavy atom. The average Bonchev–Trinajstić information content (AvgIpc) is 2.50. The van der Waals surface area contributed by atoms with E-state index in [4.69, 9.17) is 9.47 Å². The van der Waals surface area contributed by atoms with E-state index < -0.39 is 28.6 Å². The number of alkyl carbamates (subject to hydrolysis) is 1. The highest BCUT2D eigenvalue weighted by molar-refractivity contribution is 7.98. The number of hydrogen-bond donors (Lipinski definition) is 1. The standard InChI is InChI=1S/C16H22N2O6S/c1-16(2,3)24-15(20)17-13(9-10-25-4)14(19)23-12-7-5-11(6-8-12)18(21)22/h5-8,13H,9-10H2,1-4H3,(H,17,20)/t13-/m1/s1. The first-order valence-electron chi connectivity index (χ1n) is 7.57. The lowest BCUT2D eigenvalue weighted by Crippen LogP contribution is -2.45. The number of nitrogens with one attached hydrogen (secondary N) is 1. The van der Waals surface area contributed by atoms with Gasteiger partial charge in [0.25, 0.3) is 5.69 Å². The maximum atomic E-state index is 12.3. The quantitative estimate of drug-likeness (QED) is 0.340. The zero-order valence-electron chi connectivity index (χ0n) is 14.6. The summed E-state index contributed by atoms with van der Waals surface area (Å²) in [7, 11) is 0. The number of non-ortho nitro benzene ring substituents is 1. The molecular formula is C16H22N2O6S. The number of benzene rings is 1. The van der Waals surface area contributed by atoms with Crippen LogP contribution in [0.15, 0.2) is 24.3 Å². The Labute approximate surface area is 150 Å². The predicted octanol–water partition coefficient (Wildman–Crippen LogP) is 3.15. The van der Waals surface area contributed by atoms with Crippen molar-refractivity contribution in [3.8, 4) is 5.75 Å². The van der Waals surface area contributed by atoms with E-state index in [0.717, 1.165) is 0 Å². The summed E-state index contributed by atoms with van der Waals surface area (Å²) in [6, 6.07) is 4.25. The zero-order chi connectivity index (χ0) is 19.0. The number of esters is 1. The summed E-state index contributed by atoms with van der Waals surface area (Å²) in [5, 5.41) is 13.1. The van der Waals surface area contributed by atoms with Crippen LogP contribution in [-0.4, -0.2) is 40.6 Å². The summed E-state index contributed by atoms with van der Waals surface area (Å²) in [5.74, 6) is 0.139. The third-order valence-electron chi connectivity index (χ3n) is 2.85. The van der Waals surface area contributed by atoms with E-state index in [1.165, 1.54) is 36.0 Å². The highest BCUT2D eigenvalue weighted by Gasteiger charge is 2.25. The number of nitrogens with zero attached hydrogens (tertiary/aromatic N) is 1. The summed E-state index contributed by atoms with van der Waals surface area (Å²) in [6.07, 6.45) is 1.54. The van der Waals surface area contributed by atoms with Gasteiger partial charge in [-0.05, 0) is 51.3 Å². The molecule has 1 aromatic rings. The SMILES string of the molecule is CSCC[C@@H](NC(=O)OC(C)(C)C)C(=O)Oc1ccc([N+](=O)[O-])cc1. The number of carbonyl (C=O) groups is 2. The topological polar surface area (TPSA) is 108 Å². The van der Waals surface area contributed by atoms with Gasteiger partial charge in [-0.1, -0.05) is 0 Å². The second-order valence-corrected chi connectivity index (χ2v) is 7.14. The summed E-state index contributed by atoms with van der Waals surface area (Å²) in [5.41, 5.74) is -0.790. The second-order valence-electron chi connectivity index (χ2n) is 6.15. The van der Waals surface area contributed by atoms with Crippen LogP contribution in [0.3, 0.4) is 0 Å². The van der Waals surface area contributed by atoms with Crippen molar-refractivity contribution in [3.05, 3.63) is 34.4 Å². The first-order chi connectivity index (χ1) is 11.6. The Bertz CT molecular complexity index is 612. The number of ether oxygens (including phenoxy) is 2. The molecule has 0 heterocycles. The van der Waals surface area contributed by atoms with Gasteiger partial charge in [-0.2, -0.15) is 11.8 Å². The third kappa shape index (κ3) is 7.88. The monoisotopic (exact) mass is 370 g/mol. The fraction of sp³-hybridized carbons (Fsp3) is 0.500. The molecule has 0 aliphatic carbocycles. The maximum absolute atomic E-state index is 12.3. The Balaban J connectivity index is 2.75. The molecule has 0 saturated carbocycles. The molecule has 8 nitrogen and oxygen atoms in total. The Morgan fingerprint density at radius 2 is 1.88 bits per heavy atom. The molecule has 1 rings (SSSR count). The van der Waals surface area contributed by atoms with E-state index in [1.54, 1.807) is 20.8 Å². The molecule has 25 heavy (non-hydrogen) atoms. The molecular weight excluding hydrogens is 348 g/mol. The number of carbonyl (C=O) groups excluding carboxylic acids is 2. The number of hydrogen-bond acceptors (Lipinski definition) is 7. The molecule has 0 aliphatic rings. The molecule has 138 valence electrons. The Hall–Kier alpha value is -2.29. The van der Waals surface area contributed by atoms with Gasteiger partial charge in [-0.15, -0.1) is 0 Å². The summed E-state index contributed by atoms with van der Waals surface area (Å²) < 4.78 is 10.3. The van der Waals surface area contributed by atoms with Crippen molar-refractivity contribution < 1.29 is 24.0 Å². The van der Waals surface area contributed by atoms with Crippen molar-refractivity contribution in [2.75, 3.05) is 12.0 Å². The molecule has 9 heteroatoms. The molecule has 1 atom stereocenters. The lowest BCUT2D eigenvalue weighted by atomic mass is 10.2. The molecule has 1 N–H and O–H groups in total. The highest BCUT2D eigenvalue weighted by Crippen LogP contribution is 2.18. The van der Waals surface area contributed by atoms with Crippen LogP contribution < -0.4 is 10.1 Å². The first kappa shape index (κ1) is 20.8. The molecule has 0 saturated heterocycles. The normalized spacial score (nSPS) is 12.2. The van der Waals surface area contributed by atoms with Crippen molar-refractivity contribution in [1.29, 1.82) is 0 Å². The number of thioether (sulfide) groups is 1. The van der Waals surface area contributed by atoms with E-state index in [-0.39, 0.29) is 11.4 Å². The van der Waals surface area contributed by atoms with Crippen LogP contribution in [0, 0.1) is 10.1 Å². The van der Waals surface area contributed by atoms with Crippen molar-refractivity contribution in [2.45, 2.75) is 38.8 Å². The van der Waals surface area contributed by atoms with Gasteiger partial charge in [0.2, 0.25) is 0 Å². The van der Waals surface area contributed by atoms with E-state index in [0.29, 0.717) is 12.2 Å². The largest absolute Gasteiger partial charge is 0.444 e. The van der Waals surface area contributed by atoms with Crippen LogP contribution in [0.4, 0.5) is 10.5 Å². The fourth-order valence-corrected chi connectivity index (χ4v) is 2.23. The van der Waals surface area contributed by atoms with Gasteiger partial charge in [0.1, 0.15) is 17.4 Å². The molecule has 1 amide bonds. The van der Waals surface area contributed by atoms with Crippen LogP contribution >= 0.6 is 11.8 Å². The zero-order valence-corrected chi connectivity index (χ0v) is 15.4. The van der Waals surface area contributed by atoms with E-state index in [9.17, 15) is 19.7 Å². The third-order valence-corrected chi connectivity index (χ3v) is 3.50. The average molecular weight is 370 g/mol. The maximum Gasteiger partial charge on any atom is 0.408 e. The van der Waals surface area contributed by atoms with Crippen LogP contribution in [0.2, 0.25) is 0 Å². The minimum absolute atomic E-state index is 0.106. The molecule has 1 aromatic carbocycles. The van der Waals surface area contributed by atoms with Crippen LogP contribution in [0.5, 0.6) is 5.75 Å². The number of rotatable bonds is 7.